The molecular formula is C14H18BrNO6. The summed E-state index contributed by atoms with van der Waals surface area (Å²) in [6.45, 7) is -0.536. The van der Waals surface area contributed by atoms with Crippen LogP contribution in [0.4, 0.5) is 0 Å². The third-order valence-electron chi connectivity index (χ3n) is 2.91. The summed E-state index contributed by atoms with van der Waals surface area (Å²) in [6, 6.07) is 2.26. The molecule has 1 aromatic carbocycles. The zero-order valence-electron chi connectivity index (χ0n) is 12.5. The van der Waals surface area contributed by atoms with Gasteiger partial charge in [-0.2, -0.15) is 0 Å². The molecule has 1 rings (SSSR count). The van der Waals surface area contributed by atoms with Crippen LogP contribution < -0.4 is 14.8 Å². The molecule has 0 unspecified atom stereocenters. The molecule has 1 amide bonds. The van der Waals surface area contributed by atoms with Gasteiger partial charge in [0.05, 0.1) is 34.4 Å². The van der Waals surface area contributed by atoms with Gasteiger partial charge in [-0.15, -0.1) is 0 Å². The predicted molar refractivity (Wildman–Crippen MR) is 82.0 cm³/mol. The van der Waals surface area contributed by atoms with Gasteiger partial charge in [0.25, 0.3) is 0 Å². The van der Waals surface area contributed by atoms with Gasteiger partial charge in [-0.1, -0.05) is 15.9 Å². The van der Waals surface area contributed by atoms with Gasteiger partial charge in [-0.05, 0) is 17.7 Å². The fourth-order valence-electron chi connectivity index (χ4n) is 1.77. The van der Waals surface area contributed by atoms with Crippen LogP contribution in [-0.2, 0) is 20.7 Å². The lowest BCUT2D eigenvalue weighted by Gasteiger charge is -2.15. The molecule has 0 bridgehead atoms. The first kappa shape index (κ1) is 18.2. The maximum Gasteiger partial charge on any atom is 0.330 e. The number of hydrogen-bond donors (Lipinski definition) is 2. The van der Waals surface area contributed by atoms with Crippen LogP contribution in [0.1, 0.15) is 5.56 Å². The first-order chi connectivity index (χ1) is 10.5. The summed E-state index contributed by atoms with van der Waals surface area (Å²) < 4.78 is 15.5. The van der Waals surface area contributed by atoms with E-state index in [1.165, 1.54) is 21.3 Å². The van der Waals surface area contributed by atoms with Crippen LogP contribution in [0.15, 0.2) is 16.6 Å². The average molecular weight is 376 g/mol. The highest BCUT2D eigenvalue weighted by Crippen LogP contribution is 2.33. The Labute approximate surface area is 136 Å². The molecule has 0 aliphatic heterocycles. The topological polar surface area (TPSA) is 94.1 Å². The van der Waals surface area contributed by atoms with Crippen LogP contribution in [0.3, 0.4) is 0 Å². The van der Waals surface area contributed by atoms with E-state index in [0.29, 0.717) is 21.5 Å². The minimum atomic E-state index is -1.09. The van der Waals surface area contributed by atoms with Crippen molar-refractivity contribution in [2.75, 3.05) is 27.9 Å². The lowest BCUT2D eigenvalue weighted by molar-refractivity contribution is -0.146. The van der Waals surface area contributed by atoms with E-state index in [9.17, 15) is 9.59 Å². The van der Waals surface area contributed by atoms with Crippen molar-refractivity contribution in [2.24, 2.45) is 0 Å². The summed E-state index contributed by atoms with van der Waals surface area (Å²) in [7, 11) is 4.19. The second-order valence-electron chi connectivity index (χ2n) is 4.30. The van der Waals surface area contributed by atoms with E-state index >= 15 is 0 Å². The number of methoxy groups -OCH3 is 3. The summed E-state index contributed by atoms with van der Waals surface area (Å²) in [5, 5.41) is 11.5. The molecule has 1 aromatic rings. The Kier molecular flexibility index (Phi) is 7.13. The number of rotatable bonds is 7. The van der Waals surface area contributed by atoms with Gasteiger partial charge in [-0.3, -0.25) is 4.79 Å². The minimum Gasteiger partial charge on any atom is -0.493 e. The van der Waals surface area contributed by atoms with Gasteiger partial charge in [0.1, 0.15) is 0 Å². The second kappa shape index (κ2) is 8.60. The number of aliphatic hydroxyl groups is 1. The standard InChI is InChI=1S/C14H18BrNO6/c1-20-11-4-8(9(15)6-12(11)21-2)5-13(18)16-10(7-17)14(19)22-3/h4,6,10,17H,5,7H2,1-3H3,(H,16,18)/t10-/m1/s1. The summed E-state index contributed by atoms with van der Waals surface area (Å²) >= 11 is 3.35. The first-order valence-corrected chi connectivity index (χ1v) is 7.14. The zero-order valence-corrected chi connectivity index (χ0v) is 14.1. The molecule has 122 valence electrons. The van der Waals surface area contributed by atoms with Crippen LogP contribution in [0.25, 0.3) is 0 Å². The van der Waals surface area contributed by atoms with Gasteiger partial charge < -0.3 is 24.6 Å². The fourth-order valence-corrected chi connectivity index (χ4v) is 2.23. The molecule has 0 saturated carbocycles. The van der Waals surface area contributed by atoms with E-state index in [1.54, 1.807) is 12.1 Å². The normalized spacial score (nSPS) is 11.5. The third kappa shape index (κ3) is 4.60. The molecule has 0 saturated heterocycles. The van der Waals surface area contributed by atoms with Gasteiger partial charge in [-0.25, -0.2) is 4.79 Å². The van der Waals surface area contributed by atoms with Crippen molar-refractivity contribution in [1.29, 1.82) is 0 Å². The highest BCUT2D eigenvalue weighted by molar-refractivity contribution is 9.10. The quantitative estimate of drug-likeness (QED) is 0.679. The van der Waals surface area contributed by atoms with E-state index in [2.05, 4.69) is 26.0 Å². The number of amides is 1. The molecule has 0 heterocycles. The van der Waals surface area contributed by atoms with E-state index in [1.807, 2.05) is 0 Å². The third-order valence-corrected chi connectivity index (χ3v) is 3.65. The Bertz CT molecular complexity index is 548. The van der Waals surface area contributed by atoms with Gasteiger partial charge in [0.15, 0.2) is 17.5 Å². The largest absolute Gasteiger partial charge is 0.493 e. The highest BCUT2D eigenvalue weighted by Gasteiger charge is 2.21. The molecule has 22 heavy (non-hydrogen) atoms. The number of aliphatic hydroxyl groups excluding tert-OH is 1. The zero-order chi connectivity index (χ0) is 16.7. The van der Waals surface area contributed by atoms with Crippen LogP contribution in [0.5, 0.6) is 11.5 Å². The maximum atomic E-state index is 12.0. The Balaban J connectivity index is 2.86. The van der Waals surface area contributed by atoms with Crippen molar-refractivity contribution in [2.45, 2.75) is 12.5 Å². The van der Waals surface area contributed by atoms with Crippen molar-refractivity contribution in [1.82, 2.24) is 5.32 Å². The summed E-state index contributed by atoms with van der Waals surface area (Å²) in [4.78, 5) is 23.3. The van der Waals surface area contributed by atoms with Crippen molar-refractivity contribution in [3.05, 3.63) is 22.2 Å². The highest BCUT2D eigenvalue weighted by atomic mass is 79.9. The number of carbonyl (C=O) groups is 2. The predicted octanol–water partition coefficient (Wildman–Crippen LogP) is 0.659. The molecule has 2 N–H and O–H groups in total. The summed E-state index contributed by atoms with van der Waals surface area (Å²) in [6.07, 6.45) is -0.00552. The van der Waals surface area contributed by atoms with E-state index in [-0.39, 0.29) is 6.42 Å². The average Bonchev–Trinajstić information content (AvgIpc) is 2.53. The fraction of sp³-hybridized carbons (Fsp3) is 0.429. The number of nitrogens with one attached hydrogen (secondary N) is 1. The molecule has 7 nitrogen and oxygen atoms in total. The Morgan fingerprint density at radius 1 is 1.23 bits per heavy atom. The summed E-state index contributed by atoms with van der Waals surface area (Å²) in [5.41, 5.74) is 0.650. The Morgan fingerprint density at radius 2 is 1.82 bits per heavy atom. The van der Waals surface area contributed by atoms with Crippen LogP contribution in [-0.4, -0.2) is 51.0 Å². The molecule has 1 atom stereocenters. The molecule has 0 aliphatic carbocycles. The van der Waals surface area contributed by atoms with Crippen LogP contribution in [0.2, 0.25) is 0 Å². The number of halogens is 1. The molecule has 8 heteroatoms. The Morgan fingerprint density at radius 3 is 2.32 bits per heavy atom. The molecule has 0 fully saturated rings. The van der Waals surface area contributed by atoms with Gasteiger partial charge in [0, 0.05) is 4.47 Å². The van der Waals surface area contributed by atoms with Gasteiger partial charge >= 0.3 is 5.97 Å². The van der Waals surface area contributed by atoms with Crippen molar-refractivity contribution in [3.8, 4) is 11.5 Å². The van der Waals surface area contributed by atoms with Crippen molar-refractivity contribution < 1.29 is 28.9 Å². The maximum absolute atomic E-state index is 12.0. The molecule has 0 spiro atoms. The smallest absolute Gasteiger partial charge is 0.330 e. The molecule has 0 aliphatic rings. The van der Waals surface area contributed by atoms with E-state index in [4.69, 9.17) is 14.6 Å². The van der Waals surface area contributed by atoms with E-state index < -0.39 is 24.5 Å². The SMILES string of the molecule is COC(=O)[C@@H](CO)NC(=O)Cc1cc(OC)c(OC)cc1Br. The Hall–Kier alpha value is -1.80. The summed E-state index contributed by atoms with van der Waals surface area (Å²) in [5.74, 6) is -0.124. The lowest BCUT2D eigenvalue weighted by Crippen LogP contribution is -2.44. The van der Waals surface area contributed by atoms with Crippen molar-refractivity contribution >= 4 is 27.8 Å². The van der Waals surface area contributed by atoms with Crippen LogP contribution in [0, 0.1) is 0 Å². The first-order valence-electron chi connectivity index (χ1n) is 6.35. The number of hydrogen-bond acceptors (Lipinski definition) is 6. The molecule has 0 radical (unpaired) electrons. The van der Waals surface area contributed by atoms with Crippen molar-refractivity contribution in [3.63, 3.8) is 0 Å². The number of ether oxygens (including phenoxy) is 3. The minimum absolute atomic E-state index is 0.00552. The van der Waals surface area contributed by atoms with Gasteiger partial charge in [0.2, 0.25) is 5.91 Å². The second-order valence-corrected chi connectivity index (χ2v) is 5.16. The number of benzene rings is 1. The monoisotopic (exact) mass is 375 g/mol. The number of carbonyl (C=O) groups excluding carboxylic acids is 2. The molecular weight excluding hydrogens is 358 g/mol. The van der Waals surface area contributed by atoms with E-state index in [0.717, 1.165) is 0 Å². The number of esters is 1. The van der Waals surface area contributed by atoms with Crippen LogP contribution >= 0.6 is 15.9 Å². The lowest BCUT2D eigenvalue weighted by atomic mass is 10.1. The molecule has 0 aromatic heterocycles.